The number of hydrogen-bond donors (Lipinski definition) is 1. The third-order valence-electron chi connectivity index (χ3n) is 4.50. The minimum absolute atomic E-state index is 0.0320. The lowest BCUT2D eigenvalue weighted by Crippen LogP contribution is -2.36. The van der Waals surface area contributed by atoms with Gasteiger partial charge in [0, 0.05) is 19.9 Å². The van der Waals surface area contributed by atoms with Crippen molar-refractivity contribution in [1.82, 2.24) is 5.32 Å². The zero-order valence-corrected chi connectivity index (χ0v) is 14.1. The van der Waals surface area contributed by atoms with Crippen LogP contribution >= 0.6 is 0 Å². The monoisotopic (exact) mass is 329 g/mol. The van der Waals surface area contributed by atoms with Crippen LogP contribution in [-0.2, 0) is 19.1 Å². The van der Waals surface area contributed by atoms with Crippen molar-refractivity contribution in [2.45, 2.75) is 57.3 Å². The van der Waals surface area contributed by atoms with Crippen LogP contribution in [-0.4, -0.2) is 23.7 Å². The molecule has 24 heavy (non-hydrogen) atoms. The van der Waals surface area contributed by atoms with Gasteiger partial charge in [-0.1, -0.05) is 30.3 Å². The van der Waals surface area contributed by atoms with Crippen molar-refractivity contribution in [3.05, 3.63) is 47.7 Å². The van der Waals surface area contributed by atoms with Gasteiger partial charge in [-0.3, -0.25) is 4.79 Å². The molecule has 1 amide bonds. The minimum atomic E-state index is -1.00. The van der Waals surface area contributed by atoms with E-state index in [0.717, 1.165) is 25.7 Å². The molecule has 0 aromatic heterocycles. The Balaban J connectivity index is 1.51. The minimum Gasteiger partial charge on any atom is -0.445 e. The highest BCUT2D eigenvalue weighted by molar-refractivity contribution is 5.98. The van der Waals surface area contributed by atoms with E-state index in [1.54, 1.807) is 13.8 Å². The Hall–Kier alpha value is -2.30. The molecule has 128 valence electrons. The summed E-state index contributed by atoms with van der Waals surface area (Å²) in [6.07, 6.45) is 5.17. The number of amides is 1. The summed E-state index contributed by atoms with van der Waals surface area (Å²) in [6.45, 7) is 3.27. The van der Waals surface area contributed by atoms with E-state index in [1.807, 2.05) is 6.07 Å². The fourth-order valence-electron chi connectivity index (χ4n) is 3.35. The second-order valence-electron chi connectivity index (χ2n) is 6.87. The Kier molecular flexibility index (Phi) is 4.60. The molecule has 0 bridgehead atoms. The predicted octanol–water partition coefficient (Wildman–Crippen LogP) is 3.02. The maximum atomic E-state index is 12.1. The van der Waals surface area contributed by atoms with Crippen LogP contribution in [0.5, 0.6) is 0 Å². The Morgan fingerprint density at radius 2 is 1.79 bits per heavy atom. The molecule has 3 rings (SSSR count). The smallest absolute Gasteiger partial charge is 0.377 e. The normalized spacial score (nSPS) is 27.4. The fraction of sp³-hybridized carbons (Fsp3) is 0.474. The lowest BCUT2D eigenvalue weighted by molar-refractivity contribution is -0.159. The number of ether oxygens (including phenoxy) is 2. The quantitative estimate of drug-likeness (QED) is 0.684. The van der Waals surface area contributed by atoms with Crippen LogP contribution in [0.1, 0.15) is 51.0 Å². The molecule has 5 nitrogen and oxygen atoms in total. The van der Waals surface area contributed by atoms with Crippen LogP contribution in [0.25, 0.3) is 0 Å². The van der Waals surface area contributed by atoms with Gasteiger partial charge >= 0.3 is 5.97 Å². The highest BCUT2D eigenvalue weighted by atomic mass is 16.8. The number of hydrogen-bond acceptors (Lipinski definition) is 4. The first kappa shape index (κ1) is 16.6. The van der Waals surface area contributed by atoms with Crippen LogP contribution in [0.3, 0.4) is 0 Å². The van der Waals surface area contributed by atoms with Crippen molar-refractivity contribution in [1.29, 1.82) is 0 Å². The van der Waals surface area contributed by atoms with Crippen molar-refractivity contribution in [3.8, 4) is 0 Å². The largest absolute Gasteiger partial charge is 0.445 e. The van der Waals surface area contributed by atoms with Crippen molar-refractivity contribution < 1.29 is 19.1 Å². The molecular formula is C19H23NO4. The van der Waals surface area contributed by atoms with Crippen LogP contribution in [0.4, 0.5) is 0 Å². The Labute approximate surface area is 142 Å². The highest BCUT2D eigenvalue weighted by Gasteiger charge is 2.38. The lowest BCUT2D eigenvalue weighted by Gasteiger charge is -2.29. The molecule has 1 aliphatic carbocycles. The van der Waals surface area contributed by atoms with Gasteiger partial charge in [0.1, 0.15) is 0 Å². The molecule has 2 aliphatic rings. The van der Waals surface area contributed by atoms with Gasteiger partial charge in [0.05, 0.1) is 6.08 Å². The number of cyclic esters (lactones) is 1. The van der Waals surface area contributed by atoms with E-state index in [1.165, 1.54) is 11.6 Å². The fourth-order valence-corrected chi connectivity index (χ4v) is 3.35. The summed E-state index contributed by atoms with van der Waals surface area (Å²) in [5.74, 6) is -1.37. The summed E-state index contributed by atoms with van der Waals surface area (Å²) >= 11 is 0. The number of benzene rings is 1. The second-order valence-corrected chi connectivity index (χ2v) is 6.87. The number of esters is 1. The molecule has 0 unspecified atom stereocenters. The summed E-state index contributed by atoms with van der Waals surface area (Å²) in [4.78, 5) is 23.7. The lowest BCUT2D eigenvalue weighted by atomic mass is 9.82. The summed E-state index contributed by atoms with van der Waals surface area (Å²) in [5, 5.41) is 2.96. The first-order chi connectivity index (χ1) is 11.4. The van der Waals surface area contributed by atoms with Crippen molar-refractivity contribution in [2.24, 2.45) is 0 Å². The Morgan fingerprint density at radius 3 is 2.38 bits per heavy atom. The molecule has 5 heteroatoms. The van der Waals surface area contributed by atoms with E-state index in [4.69, 9.17) is 9.47 Å². The Bertz CT molecular complexity index is 643. The first-order valence-electron chi connectivity index (χ1n) is 8.42. The standard InChI is InChI=1S/C19H23NO4/c1-19(2)23-16(18(22)24-19)12-17(21)20-15-10-8-14(9-11-15)13-6-4-3-5-7-13/h3-7,12,14-15H,8-11H2,1-2H3,(H,20,21). The molecule has 1 aromatic carbocycles. The maximum Gasteiger partial charge on any atom is 0.377 e. The van der Waals surface area contributed by atoms with Crippen LogP contribution < -0.4 is 5.32 Å². The van der Waals surface area contributed by atoms with E-state index >= 15 is 0 Å². The van der Waals surface area contributed by atoms with Crippen LogP contribution in [0.15, 0.2) is 42.2 Å². The summed E-state index contributed by atoms with van der Waals surface area (Å²) in [7, 11) is 0. The molecular weight excluding hydrogens is 306 g/mol. The first-order valence-corrected chi connectivity index (χ1v) is 8.42. The third-order valence-corrected chi connectivity index (χ3v) is 4.50. The summed E-state index contributed by atoms with van der Waals surface area (Å²) in [6, 6.07) is 10.6. The van der Waals surface area contributed by atoms with Crippen LogP contribution in [0, 0.1) is 0 Å². The second kappa shape index (κ2) is 6.67. The van der Waals surface area contributed by atoms with Gasteiger partial charge < -0.3 is 14.8 Å². The van der Waals surface area contributed by atoms with Gasteiger partial charge in [0.15, 0.2) is 0 Å². The average Bonchev–Trinajstić information content (AvgIpc) is 2.80. The van der Waals surface area contributed by atoms with Gasteiger partial charge in [-0.05, 0) is 37.2 Å². The van der Waals surface area contributed by atoms with Crippen molar-refractivity contribution >= 4 is 11.9 Å². The van der Waals surface area contributed by atoms with Crippen molar-refractivity contribution in [3.63, 3.8) is 0 Å². The molecule has 2 fully saturated rings. The van der Waals surface area contributed by atoms with Gasteiger partial charge in [-0.2, -0.15) is 0 Å². The van der Waals surface area contributed by atoms with Gasteiger partial charge in [0.25, 0.3) is 0 Å². The summed E-state index contributed by atoms with van der Waals surface area (Å²) in [5.41, 5.74) is 1.37. The molecule has 0 atom stereocenters. The highest BCUT2D eigenvalue weighted by Crippen LogP contribution is 2.32. The molecule has 1 N–H and O–H groups in total. The molecule has 1 aromatic rings. The molecule has 1 heterocycles. The van der Waals surface area contributed by atoms with Gasteiger partial charge in [-0.25, -0.2) is 4.79 Å². The number of carbonyl (C=O) groups excluding carboxylic acids is 2. The topological polar surface area (TPSA) is 64.6 Å². The van der Waals surface area contributed by atoms with Crippen molar-refractivity contribution in [2.75, 3.05) is 0 Å². The SMILES string of the molecule is CC1(C)OC(=O)C(=CC(=O)NC2CCC(c3ccccc3)CC2)O1. The van der Waals surface area contributed by atoms with Crippen LogP contribution in [0.2, 0.25) is 0 Å². The predicted molar refractivity (Wildman–Crippen MR) is 88.9 cm³/mol. The van der Waals surface area contributed by atoms with Gasteiger partial charge in [-0.15, -0.1) is 0 Å². The average molecular weight is 329 g/mol. The number of carbonyl (C=O) groups is 2. The maximum absolute atomic E-state index is 12.1. The van der Waals surface area contributed by atoms with E-state index in [2.05, 4.69) is 29.6 Å². The van der Waals surface area contributed by atoms with Gasteiger partial charge in [0.2, 0.25) is 17.5 Å². The zero-order chi connectivity index (χ0) is 17.2. The Morgan fingerprint density at radius 1 is 1.12 bits per heavy atom. The zero-order valence-electron chi connectivity index (χ0n) is 14.1. The van der Waals surface area contributed by atoms with E-state index in [9.17, 15) is 9.59 Å². The molecule has 0 spiro atoms. The molecule has 1 saturated heterocycles. The molecule has 1 saturated carbocycles. The number of rotatable bonds is 3. The number of nitrogens with one attached hydrogen (secondary N) is 1. The summed E-state index contributed by atoms with van der Waals surface area (Å²) < 4.78 is 10.3. The molecule has 1 aliphatic heterocycles. The molecule has 0 radical (unpaired) electrons. The third kappa shape index (κ3) is 3.96. The van der Waals surface area contributed by atoms with E-state index in [-0.39, 0.29) is 17.7 Å². The van der Waals surface area contributed by atoms with E-state index in [0.29, 0.717) is 5.92 Å². The van der Waals surface area contributed by atoms with E-state index < -0.39 is 11.8 Å².